The Morgan fingerprint density at radius 2 is 2.08 bits per heavy atom. The van der Waals surface area contributed by atoms with Gasteiger partial charge in [0, 0.05) is 10.1 Å². The third-order valence-corrected chi connectivity index (χ3v) is 5.05. The van der Waals surface area contributed by atoms with Gasteiger partial charge in [0.2, 0.25) is 0 Å². The van der Waals surface area contributed by atoms with Crippen LogP contribution in [0.5, 0.6) is 5.75 Å². The molecule has 0 aliphatic carbocycles. The van der Waals surface area contributed by atoms with Crippen LogP contribution < -0.4 is 10.1 Å². The van der Waals surface area contributed by atoms with E-state index < -0.39 is 0 Å². The van der Waals surface area contributed by atoms with Gasteiger partial charge in [-0.05, 0) is 36.8 Å². The summed E-state index contributed by atoms with van der Waals surface area (Å²) >= 11 is 7.45. The zero-order chi connectivity index (χ0) is 17.1. The molecule has 1 heterocycles. The molecule has 1 aromatic heterocycles. The first kappa shape index (κ1) is 16.7. The number of thiophene rings is 1. The third kappa shape index (κ3) is 3.37. The van der Waals surface area contributed by atoms with E-state index in [9.17, 15) is 9.18 Å². The van der Waals surface area contributed by atoms with Crippen molar-refractivity contribution in [1.82, 2.24) is 0 Å². The first-order valence-electron chi connectivity index (χ1n) is 7.51. The number of benzene rings is 2. The summed E-state index contributed by atoms with van der Waals surface area (Å²) in [5.41, 5.74) is 0.579. The molecule has 0 saturated heterocycles. The fraction of sp³-hybridized carbons (Fsp3) is 0.167. The molecule has 2 aromatic carbocycles. The van der Waals surface area contributed by atoms with E-state index in [1.165, 1.54) is 12.1 Å². The molecular weight excluding hydrogens is 349 g/mol. The summed E-state index contributed by atoms with van der Waals surface area (Å²) in [6.45, 7) is 2.58. The summed E-state index contributed by atoms with van der Waals surface area (Å²) in [6.07, 6.45) is 0.871. The molecule has 0 bridgehead atoms. The number of fused-ring (bicyclic) bond motifs is 1. The summed E-state index contributed by atoms with van der Waals surface area (Å²) in [4.78, 5) is 12.9. The van der Waals surface area contributed by atoms with Gasteiger partial charge in [-0.15, -0.1) is 11.3 Å². The lowest BCUT2D eigenvalue weighted by Crippen LogP contribution is -2.12. The van der Waals surface area contributed by atoms with E-state index >= 15 is 0 Å². The molecule has 3 rings (SSSR count). The normalized spacial score (nSPS) is 10.8. The van der Waals surface area contributed by atoms with Gasteiger partial charge in [-0.25, -0.2) is 4.39 Å². The number of nitrogens with one attached hydrogen (secondary N) is 1. The van der Waals surface area contributed by atoms with Crippen LogP contribution in [0, 0.1) is 5.82 Å². The van der Waals surface area contributed by atoms with Crippen molar-refractivity contribution in [3.63, 3.8) is 0 Å². The average Bonchev–Trinajstić information content (AvgIpc) is 2.90. The standard InChI is InChI=1S/C18H15ClFNO2S/c1-2-9-23-14-6-4-3-5-13(14)21-18(22)17-16(19)12-8-7-11(20)10-15(12)24-17/h3-8,10H,2,9H2,1H3,(H,21,22). The number of hydrogen-bond donors (Lipinski definition) is 1. The molecule has 24 heavy (non-hydrogen) atoms. The smallest absolute Gasteiger partial charge is 0.267 e. The fourth-order valence-corrected chi connectivity index (χ4v) is 3.71. The number of rotatable bonds is 5. The highest BCUT2D eigenvalue weighted by atomic mass is 35.5. The predicted octanol–water partition coefficient (Wildman–Crippen LogP) is 5.73. The molecule has 0 unspecified atom stereocenters. The van der Waals surface area contributed by atoms with Crippen LogP contribution in [0.2, 0.25) is 5.02 Å². The third-order valence-electron chi connectivity index (χ3n) is 3.39. The molecule has 1 N–H and O–H groups in total. The maximum atomic E-state index is 13.3. The van der Waals surface area contributed by atoms with Crippen LogP contribution in [0.4, 0.5) is 10.1 Å². The van der Waals surface area contributed by atoms with Crippen LogP contribution in [-0.4, -0.2) is 12.5 Å². The topological polar surface area (TPSA) is 38.3 Å². The number of para-hydroxylation sites is 2. The van der Waals surface area contributed by atoms with Crippen molar-refractivity contribution in [1.29, 1.82) is 0 Å². The Morgan fingerprint density at radius 1 is 1.29 bits per heavy atom. The van der Waals surface area contributed by atoms with Gasteiger partial charge in [-0.3, -0.25) is 4.79 Å². The Bertz CT molecular complexity index is 894. The highest BCUT2D eigenvalue weighted by Gasteiger charge is 2.18. The van der Waals surface area contributed by atoms with Crippen LogP contribution in [-0.2, 0) is 0 Å². The number of halogens is 2. The second-order valence-corrected chi connectivity index (χ2v) is 6.61. The molecular formula is C18H15ClFNO2S. The Balaban J connectivity index is 1.89. The summed E-state index contributed by atoms with van der Waals surface area (Å²) in [5.74, 6) is -0.0872. The van der Waals surface area contributed by atoms with Crippen LogP contribution in [0.15, 0.2) is 42.5 Å². The first-order chi connectivity index (χ1) is 11.6. The summed E-state index contributed by atoms with van der Waals surface area (Å²) in [5, 5.41) is 3.82. The molecule has 124 valence electrons. The van der Waals surface area contributed by atoms with Crippen molar-refractivity contribution < 1.29 is 13.9 Å². The number of carbonyl (C=O) groups excluding carboxylic acids is 1. The Labute approximate surface area is 148 Å². The van der Waals surface area contributed by atoms with Crippen molar-refractivity contribution in [2.24, 2.45) is 0 Å². The van der Waals surface area contributed by atoms with Gasteiger partial charge in [-0.2, -0.15) is 0 Å². The fourth-order valence-electron chi connectivity index (χ4n) is 2.27. The second-order valence-electron chi connectivity index (χ2n) is 5.18. The molecule has 0 saturated carbocycles. The van der Waals surface area contributed by atoms with Gasteiger partial charge in [0.1, 0.15) is 16.4 Å². The molecule has 0 fully saturated rings. The van der Waals surface area contributed by atoms with Crippen molar-refractivity contribution in [3.05, 3.63) is 58.2 Å². The van der Waals surface area contributed by atoms with Crippen molar-refractivity contribution in [3.8, 4) is 5.75 Å². The Kier molecular flexibility index (Phi) is 5.02. The maximum Gasteiger partial charge on any atom is 0.267 e. The minimum absolute atomic E-state index is 0.333. The summed E-state index contributed by atoms with van der Waals surface area (Å²) in [7, 11) is 0. The largest absolute Gasteiger partial charge is 0.491 e. The molecule has 1 amide bonds. The van der Waals surface area contributed by atoms with Crippen molar-refractivity contribution in [2.75, 3.05) is 11.9 Å². The van der Waals surface area contributed by atoms with E-state index in [0.717, 1.165) is 17.8 Å². The van der Waals surface area contributed by atoms with Crippen LogP contribution in [0.25, 0.3) is 10.1 Å². The molecule has 3 nitrogen and oxygen atoms in total. The maximum absolute atomic E-state index is 13.3. The predicted molar refractivity (Wildman–Crippen MR) is 97.0 cm³/mol. The van der Waals surface area contributed by atoms with E-state index in [1.807, 2.05) is 19.1 Å². The van der Waals surface area contributed by atoms with E-state index in [-0.39, 0.29) is 11.7 Å². The Hall–Kier alpha value is -2.11. The van der Waals surface area contributed by atoms with E-state index in [4.69, 9.17) is 16.3 Å². The molecule has 0 aliphatic rings. The lowest BCUT2D eigenvalue weighted by Gasteiger charge is -2.11. The van der Waals surface area contributed by atoms with E-state index in [2.05, 4.69) is 5.32 Å². The number of hydrogen-bond acceptors (Lipinski definition) is 3. The Morgan fingerprint density at radius 3 is 2.88 bits per heavy atom. The van der Waals surface area contributed by atoms with Gasteiger partial charge in [0.25, 0.3) is 5.91 Å². The minimum Gasteiger partial charge on any atom is -0.491 e. The van der Waals surface area contributed by atoms with Crippen molar-refractivity contribution >= 4 is 44.6 Å². The van der Waals surface area contributed by atoms with Gasteiger partial charge in [0.05, 0.1) is 17.3 Å². The summed E-state index contributed by atoms with van der Waals surface area (Å²) < 4.78 is 19.6. The number of carbonyl (C=O) groups is 1. The monoisotopic (exact) mass is 363 g/mol. The number of ether oxygens (including phenoxy) is 1. The highest BCUT2D eigenvalue weighted by molar-refractivity contribution is 7.21. The molecule has 3 aromatic rings. The summed E-state index contributed by atoms with van der Waals surface area (Å²) in [6, 6.07) is 11.5. The SMILES string of the molecule is CCCOc1ccccc1NC(=O)c1sc2cc(F)ccc2c1Cl. The van der Waals surface area contributed by atoms with Crippen LogP contribution >= 0.6 is 22.9 Å². The van der Waals surface area contributed by atoms with Gasteiger partial charge in [-0.1, -0.05) is 30.7 Å². The molecule has 0 spiro atoms. The zero-order valence-corrected chi connectivity index (χ0v) is 14.5. The first-order valence-corrected chi connectivity index (χ1v) is 8.70. The molecule has 6 heteroatoms. The van der Waals surface area contributed by atoms with E-state index in [0.29, 0.717) is 38.0 Å². The molecule has 0 aliphatic heterocycles. The average molecular weight is 364 g/mol. The zero-order valence-electron chi connectivity index (χ0n) is 12.9. The van der Waals surface area contributed by atoms with Gasteiger partial charge < -0.3 is 10.1 Å². The lowest BCUT2D eigenvalue weighted by molar-refractivity contribution is 0.103. The quantitative estimate of drug-likeness (QED) is 0.628. The lowest BCUT2D eigenvalue weighted by atomic mass is 10.2. The second kappa shape index (κ2) is 7.20. The van der Waals surface area contributed by atoms with Gasteiger partial charge >= 0.3 is 0 Å². The minimum atomic E-state index is -0.356. The number of anilines is 1. The van der Waals surface area contributed by atoms with E-state index in [1.54, 1.807) is 18.2 Å². The van der Waals surface area contributed by atoms with Crippen LogP contribution in [0.1, 0.15) is 23.0 Å². The van der Waals surface area contributed by atoms with Gasteiger partial charge in [0.15, 0.2) is 0 Å². The molecule has 0 radical (unpaired) electrons. The highest BCUT2D eigenvalue weighted by Crippen LogP contribution is 2.36. The number of amides is 1. The van der Waals surface area contributed by atoms with Crippen molar-refractivity contribution in [2.45, 2.75) is 13.3 Å². The van der Waals surface area contributed by atoms with Crippen LogP contribution in [0.3, 0.4) is 0 Å². The molecule has 0 atom stereocenters.